The zero-order valence-electron chi connectivity index (χ0n) is 18.4. The van der Waals surface area contributed by atoms with Gasteiger partial charge in [-0.1, -0.05) is 13.8 Å². The van der Waals surface area contributed by atoms with Crippen molar-refractivity contribution in [1.29, 1.82) is 0 Å². The predicted octanol–water partition coefficient (Wildman–Crippen LogP) is 3.00. The van der Waals surface area contributed by atoms with Crippen molar-refractivity contribution in [1.82, 2.24) is 10.2 Å². The minimum Gasteiger partial charge on any atom is -0.380 e. The molecule has 1 saturated carbocycles. The third kappa shape index (κ3) is 5.69. The third-order valence-electron chi connectivity index (χ3n) is 6.94. The Hall–Kier alpha value is -1.28. The summed E-state index contributed by atoms with van der Waals surface area (Å²) in [5.41, 5.74) is 0.221. The number of ether oxygens (including phenoxy) is 2. The van der Waals surface area contributed by atoms with Crippen LogP contribution in [-0.4, -0.2) is 67.7 Å². The second kappa shape index (κ2) is 9.47. The molecule has 172 valence electrons. The van der Waals surface area contributed by atoms with Crippen molar-refractivity contribution in [3.05, 3.63) is 0 Å². The number of carbonyl (C=O) groups excluding carboxylic acids is 2. The standard InChI is InChI=1S/C22H36F2N2O4/c1-15(2)19(27)25-18(16(3)30-12-17-4-6-22(23,24)7-5-17)20(28)26-10-8-21(9-11-26)13-29-14-21/h15-18H,4-14H2,1-3H3,(H,25,27). The summed E-state index contributed by atoms with van der Waals surface area (Å²) < 4.78 is 38.0. The Balaban J connectivity index is 1.56. The summed E-state index contributed by atoms with van der Waals surface area (Å²) in [5.74, 6) is -3.06. The number of carbonyl (C=O) groups is 2. The van der Waals surface area contributed by atoms with Gasteiger partial charge in [0.2, 0.25) is 17.7 Å². The van der Waals surface area contributed by atoms with E-state index in [1.54, 1.807) is 20.8 Å². The van der Waals surface area contributed by atoms with E-state index in [1.807, 2.05) is 4.90 Å². The fourth-order valence-corrected chi connectivity index (χ4v) is 4.43. The van der Waals surface area contributed by atoms with E-state index in [9.17, 15) is 18.4 Å². The number of nitrogens with zero attached hydrogens (tertiary/aromatic N) is 1. The highest BCUT2D eigenvalue weighted by atomic mass is 19.3. The lowest BCUT2D eigenvalue weighted by Gasteiger charge is -2.47. The summed E-state index contributed by atoms with van der Waals surface area (Å²) in [4.78, 5) is 27.4. The maximum atomic E-state index is 13.4. The van der Waals surface area contributed by atoms with Crippen molar-refractivity contribution < 1.29 is 27.8 Å². The molecule has 30 heavy (non-hydrogen) atoms. The van der Waals surface area contributed by atoms with Gasteiger partial charge in [0.25, 0.3) is 0 Å². The number of halogens is 2. The molecule has 2 unspecified atom stereocenters. The summed E-state index contributed by atoms with van der Waals surface area (Å²) in [7, 11) is 0. The van der Waals surface area contributed by atoms with Crippen LogP contribution in [-0.2, 0) is 19.1 Å². The molecule has 2 saturated heterocycles. The molecule has 3 aliphatic rings. The van der Waals surface area contributed by atoms with Gasteiger partial charge in [0, 0.05) is 43.9 Å². The fourth-order valence-electron chi connectivity index (χ4n) is 4.43. The van der Waals surface area contributed by atoms with Crippen LogP contribution in [0.15, 0.2) is 0 Å². The third-order valence-corrected chi connectivity index (χ3v) is 6.94. The molecule has 0 aromatic heterocycles. The highest BCUT2D eigenvalue weighted by Crippen LogP contribution is 2.39. The lowest BCUT2D eigenvalue weighted by atomic mass is 9.76. The Kier molecular flexibility index (Phi) is 7.38. The molecule has 1 spiro atoms. The average Bonchev–Trinajstić information content (AvgIpc) is 2.69. The van der Waals surface area contributed by atoms with Crippen LogP contribution < -0.4 is 5.32 Å². The second-order valence-corrected chi connectivity index (χ2v) is 9.80. The van der Waals surface area contributed by atoms with E-state index in [0.29, 0.717) is 32.5 Å². The maximum Gasteiger partial charge on any atom is 0.248 e. The molecule has 0 aromatic carbocycles. The number of hydrogen-bond donors (Lipinski definition) is 1. The largest absolute Gasteiger partial charge is 0.380 e. The van der Waals surface area contributed by atoms with Crippen molar-refractivity contribution in [3.63, 3.8) is 0 Å². The number of nitrogens with one attached hydrogen (secondary N) is 1. The van der Waals surface area contributed by atoms with E-state index >= 15 is 0 Å². The van der Waals surface area contributed by atoms with Crippen LogP contribution in [0.2, 0.25) is 0 Å². The Bertz CT molecular complexity index is 604. The van der Waals surface area contributed by atoms with Crippen molar-refractivity contribution in [3.8, 4) is 0 Å². The van der Waals surface area contributed by atoms with Crippen LogP contribution in [0, 0.1) is 17.3 Å². The van der Waals surface area contributed by atoms with Gasteiger partial charge in [0.1, 0.15) is 6.04 Å². The predicted molar refractivity (Wildman–Crippen MR) is 108 cm³/mol. The molecule has 0 bridgehead atoms. The summed E-state index contributed by atoms with van der Waals surface area (Å²) in [6.07, 6.45) is 1.93. The number of amides is 2. The van der Waals surface area contributed by atoms with Gasteiger partial charge in [-0.2, -0.15) is 0 Å². The van der Waals surface area contributed by atoms with E-state index in [2.05, 4.69) is 5.32 Å². The van der Waals surface area contributed by atoms with Gasteiger partial charge in [-0.3, -0.25) is 9.59 Å². The van der Waals surface area contributed by atoms with Gasteiger partial charge in [-0.15, -0.1) is 0 Å². The van der Waals surface area contributed by atoms with Gasteiger partial charge in [0.05, 0.1) is 19.3 Å². The number of likely N-dealkylation sites (tertiary alicyclic amines) is 1. The first-order valence-electron chi connectivity index (χ1n) is 11.3. The molecule has 3 rings (SSSR count). The van der Waals surface area contributed by atoms with Crippen LogP contribution >= 0.6 is 0 Å². The van der Waals surface area contributed by atoms with E-state index in [4.69, 9.17) is 9.47 Å². The average molecular weight is 431 g/mol. The molecule has 3 fully saturated rings. The van der Waals surface area contributed by atoms with Crippen molar-refractivity contribution in [2.24, 2.45) is 17.3 Å². The molecule has 0 radical (unpaired) electrons. The zero-order chi connectivity index (χ0) is 21.9. The molecular weight excluding hydrogens is 394 g/mol. The van der Waals surface area contributed by atoms with Crippen molar-refractivity contribution in [2.75, 3.05) is 32.9 Å². The molecule has 2 atom stereocenters. The summed E-state index contributed by atoms with van der Waals surface area (Å²) in [5, 5.41) is 2.86. The van der Waals surface area contributed by atoms with Crippen molar-refractivity contribution >= 4 is 11.8 Å². The zero-order valence-corrected chi connectivity index (χ0v) is 18.4. The molecule has 6 nitrogen and oxygen atoms in total. The number of alkyl halides is 2. The molecule has 2 amide bonds. The minimum absolute atomic E-state index is 0.0667. The first kappa shape index (κ1) is 23.4. The first-order chi connectivity index (χ1) is 14.1. The van der Waals surface area contributed by atoms with Gasteiger partial charge < -0.3 is 19.7 Å². The van der Waals surface area contributed by atoms with Crippen LogP contribution in [0.25, 0.3) is 0 Å². The smallest absolute Gasteiger partial charge is 0.248 e. The lowest BCUT2D eigenvalue weighted by Crippen LogP contribution is -2.59. The quantitative estimate of drug-likeness (QED) is 0.674. The molecule has 1 aliphatic carbocycles. The van der Waals surface area contributed by atoms with E-state index in [0.717, 1.165) is 26.1 Å². The maximum absolute atomic E-state index is 13.4. The Morgan fingerprint density at radius 3 is 2.20 bits per heavy atom. The van der Waals surface area contributed by atoms with Gasteiger partial charge >= 0.3 is 0 Å². The Morgan fingerprint density at radius 2 is 1.70 bits per heavy atom. The van der Waals surface area contributed by atoms with Crippen LogP contribution in [0.5, 0.6) is 0 Å². The Labute approximate surface area is 178 Å². The van der Waals surface area contributed by atoms with E-state index in [-0.39, 0.29) is 41.9 Å². The lowest BCUT2D eigenvalue weighted by molar-refractivity contribution is -0.158. The molecule has 1 N–H and O–H groups in total. The summed E-state index contributed by atoms with van der Waals surface area (Å²) in [6.45, 7) is 8.52. The summed E-state index contributed by atoms with van der Waals surface area (Å²) in [6, 6.07) is -0.767. The number of hydrogen-bond acceptors (Lipinski definition) is 4. The number of piperidine rings is 1. The van der Waals surface area contributed by atoms with Crippen molar-refractivity contribution in [2.45, 2.75) is 77.4 Å². The monoisotopic (exact) mass is 430 g/mol. The van der Waals surface area contributed by atoms with E-state index in [1.165, 1.54) is 0 Å². The SMILES string of the molecule is CC(C)C(=O)NC(C(=O)N1CCC2(CC1)COC2)C(C)OCC1CCC(F)(F)CC1. The van der Waals surface area contributed by atoms with Gasteiger partial charge in [-0.25, -0.2) is 8.78 Å². The molecular formula is C22H36F2N2O4. The Morgan fingerprint density at radius 1 is 1.10 bits per heavy atom. The van der Waals surface area contributed by atoms with Crippen LogP contribution in [0.1, 0.15) is 59.3 Å². The molecule has 8 heteroatoms. The fraction of sp³-hybridized carbons (Fsp3) is 0.909. The topological polar surface area (TPSA) is 67.9 Å². The molecule has 2 aliphatic heterocycles. The second-order valence-electron chi connectivity index (χ2n) is 9.80. The molecule has 2 heterocycles. The normalized spacial score (nSPS) is 25.6. The van der Waals surface area contributed by atoms with E-state index < -0.39 is 18.1 Å². The highest BCUT2D eigenvalue weighted by molar-refractivity contribution is 5.88. The minimum atomic E-state index is -2.57. The van der Waals surface area contributed by atoms with Gasteiger partial charge in [0.15, 0.2) is 0 Å². The highest BCUT2D eigenvalue weighted by Gasteiger charge is 2.43. The summed E-state index contributed by atoms with van der Waals surface area (Å²) >= 11 is 0. The first-order valence-corrected chi connectivity index (χ1v) is 11.3. The molecule has 0 aromatic rings. The van der Waals surface area contributed by atoms with Crippen LogP contribution in [0.3, 0.4) is 0 Å². The van der Waals surface area contributed by atoms with Crippen LogP contribution in [0.4, 0.5) is 8.78 Å². The van der Waals surface area contributed by atoms with Gasteiger partial charge in [-0.05, 0) is 38.5 Å². The number of rotatable bonds is 7.